The Labute approximate surface area is 86.2 Å². The van der Waals surface area contributed by atoms with Crippen LogP contribution >= 0.6 is 0 Å². The fourth-order valence-corrected chi connectivity index (χ4v) is 1.55. The third-order valence-electron chi connectivity index (χ3n) is 2.17. The van der Waals surface area contributed by atoms with Gasteiger partial charge in [0, 0.05) is 19.3 Å². The van der Waals surface area contributed by atoms with E-state index in [1.807, 2.05) is 27.0 Å². The summed E-state index contributed by atoms with van der Waals surface area (Å²) in [5.41, 5.74) is 0.999. The number of nitrogens with zero attached hydrogens (tertiary/aromatic N) is 3. The third kappa shape index (κ3) is 2.69. The Hall–Kier alpha value is -1.12. The Morgan fingerprint density at radius 3 is 2.36 bits per heavy atom. The van der Waals surface area contributed by atoms with Gasteiger partial charge >= 0.3 is 0 Å². The van der Waals surface area contributed by atoms with E-state index in [2.05, 4.69) is 14.9 Å². The van der Waals surface area contributed by atoms with Crippen LogP contribution in [0.15, 0.2) is 12.4 Å². The van der Waals surface area contributed by atoms with Crippen molar-refractivity contribution >= 4 is 5.82 Å². The minimum Gasteiger partial charge on any atom is -0.355 e. The first-order chi connectivity index (χ1) is 6.86. The van der Waals surface area contributed by atoms with E-state index < -0.39 is 0 Å². The zero-order valence-electron chi connectivity index (χ0n) is 9.32. The summed E-state index contributed by atoms with van der Waals surface area (Å²) in [6.45, 7) is 8.25. The van der Waals surface area contributed by atoms with Crippen molar-refractivity contribution in [2.45, 2.75) is 33.6 Å². The molecule has 2 rings (SSSR count). The highest BCUT2D eigenvalue weighted by atomic mass is 15.2. The van der Waals surface area contributed by atoms with Gasteiger partial charge in [0.25, 0.3) is 0 Å². The smallest absolute Gasteiger partial charge is 0.147 e. The molecule has 1 aromatic rings. The molecular weight excluding hydrogens is 174 g/mol. The monoisotopic (exact) mass is 193 g/mol. The van der Waals surface area contributed by atoms with E-state index in [9.17, 15) is 0 Å². The van der Waals surface area contributed by atoms with Crippen LogP contribution < -0.4 is 4.90 Å². The third-order valence-corrected chi connectivity index (χ3v) is 2.17. The number of aryl methyl sites for hydroxylation is 1. The van der Waals surface area contributed by atoms with Crippen molar-refractivity contribution in [3.63, 3.8) is 0 Å². The van der Waals surface area contributed by atoms with E-state index in [4.69, 9.17) is 0 Å². The lowest BCUT2D eigenvalue weighted by Gasteiger charge is -2.15. The SMILES string of the molecule is CC.Cc1cncc(N2CCCC2)n1. The molecule has 0 amide bonds. The summed E-state index contributed by atoms with van der Waals surface area (Å²) >= 11 is 0. The van der Waals surface area contributed by atoms with Crippen LogP contribution in [0.25, 0.3) is 0 Å². The van der Waals surface area contributed by atoms with Crippen LogP contribution in [0.2, 0.25) is 0 Å². The number of anilines is 1. The molecule has 0 atom stereocenters. The van der Waals surface area contributed by atoms with Crippen molar-refractivity contribution in [3.8, 4) is 0 Å². The maximum absolute atomic E-state index is 4.42. The second-order valence-electron chi connectivity index (χ2n) is 3.21. The van der Waals surface area contributed by atoms with Crippen LogP contribution in [0, 0.1) is 6.92 Å². The lowest BCUT2D eigenvalue weighted by atomic mass is 10.4. The molecule has 2 heterocycles. The first-order valence-corrected chi connectivity index (χ1v) is 5.40. The van der Waals surface area contributed by atoms with Gasteiger partial charge in [-0.2, -0.15) is 0 Å². The van der Waals surface area contributed by atoms with E-state index in [1.165, 1.54) is 12.8 Å². The number of aromatic nitrogens is 2. The van der Waals surface area contributed by atoms with E-state index in [0.29, 0.717) is 0 Å². The van der Waals surface area contributed by atoms with Crippen LogP contribution in [-0.2, 0) is 0 Å². The van der Waals surface area contributed by atoms with Gasteiger partial charge in [0.05, 0.1) is 11.9 Å². The Morgan fingerprint density at radius 1 is 1.14 bits per heavy atom. The quantitative estimate of drug-likeness (QED) is 0.686. The summed E-state index contributed by atoms with van der Waals surface area (Å²) in [6.07, 6.45) is 6.21. The van der Waals surface area contributed by atoms with Crippen molar-refractivity contribution < 1.29 is 0 Å². The maximum Gasteiger partial charge on any atom is 0.147 e. The molecular formula is C11H19N3. The highest BCUT2D eigenvalue weighted by Crippen LogP contribution is 2.16. The first kappa shape index (κ1) is 11.0. The van der Waals surface area contributed by atoms with Gasteiger partial charge in [-0.05, 0) is 19.8 Å². The van der Waals surface area contributed by atoms with Crippen LogP contribution in [0.5, 0.6) is 0 Å². The molecule has 0 radical (unpaired) electrons. The average Bonchev–Trinajstić information content (AvgIpc) is 2.74. The number of rotatable bonds is 1. The summed E-state index contributed by atoms with van der Waals surface area (Å²) in [4.78, 5) is 10.8. The van der Waals surface area contributed by atoms with Crippen molar-refractivity contribution in [2.75, 3.05) is 18.0 Å². The normalized spacial score (nSPS) is 14.9. The number of hydrogen-bond donors (Lipinski definition) is 0. The minimum atomic E-state index is 0.999. The Morgan fingerprint density at radius 2 is 1.79 bits per heavy atom. The highest BCUT2D eigenvalue weighted by Gasteiger charge is 2.13. The molecule has 78 valence electrons. The molecule has 0 N–H and O–H groups in total. The predicted molar refractivity (Wildman–Crippen MR) is 59.6 cm³/mol. The first-order valence-electron chi connectivity index (χ1n) is 5.40. The van der Waals surface area contributed by atoms with E-state index in [-0.39, 0.29) is 0 Å². The second kappa shape index (κ2) is 5.58. The Bertz CT molecular complexity index is 267. The fraction of sp³-hybridized carbons (Fsp3) is 0.636. The van der Waals surface area contributed by atoms with Gasteiger partial charge in [-0.25, -0.2) is 4.98 Å². The molecule has 0 saturated carbocycles. The van der Waals surface area contributed by atoms with Gasteiger partial charge in [-0.1, -0.05) is 13.8 Å². The van der Waals surface area contributed by atoms with Crippen LogP contribution in [0.4, 0.5) is 5.82 Å². The average molecular weight is 193 g/mol. The molecule has 0 bridgehead atoms. The van der Waals surface area contributed by atoms with Gasteiger partial charge in [-0.3, -0.25) is 4.98 Å². The second-order valence-corrected chi connectivity index (χ2v) is 3.21. The molecule has 0 aromatic carbocycles. The molecule has 1 aliphatic heterocycles. The number of hydrogen-bond acceptors (Lipinski definition) is 3. The lowest BCUT2D eigenvalue weighted by molar-refractivity contribution is 0.916. The molecule has 0 unspecified atom stereocenters. The predicted octanol–water partition coefficient (Wildman–Crippen LogP) is 2.41. The highest BCUT2D eigenvalue weighted by molar-refractivity contribution is 5.36. The molecule has 1 saturated heterocycles. The van der Waals surface area contributed by atoms with E-state index in [0.717, 1.165) is 24.6 Å². The van der Waals surface area contributed by atoms with Gasteiger partial charge in [0.1, 0.15) is 5.82 Å². The standard InChI is InChI=1S/C9H13N3.C2H6/c1-8-6-10-7-9(11-8)12-4-2-3-5-12;1-2/h6-7H,2-5H2,1H3;1-2H3. The molecule has 1 aliphatic rings. The summed E-state index contributed by atoms with van der Waals surface area (Å²) in [5.74, 6) is 1.03. The fourth-order valence-electron chi connectivity index (χ4n) is 1.55. The summed E-state index contributed by atoms with van der Waals surface area (Å²) < 4.78 is 0. The summed E-state index contributed by atoms with van der Waals surface area (Å²) in [6, 6.07) is 0. The molecule has 0 spiro atoms. The van der Waals surface area contributed by atoms with Crippen molar-refractivity contribution in [2.24, 2.45) is 0 Å². The van der Waals surface area contributed by atoms with Crippen LogP contribution in [0.1, 0.15) is 32.4 Å². The summed E-state index contributed by atoms with van der Waals surface area (Å²) in [5, 5.41) is 0. The van der Waals surface area contributed by atoms with Crippen molar-refractivity contribution in [1.29, 1.82) is 0 Å². The topological polar surface area (TPSA) is 29.0 Å². The molecule has 1 fully saturated rings. The summed E-state index contributed by atoms with van der Waals surface area (Å²) in [7, 11) is 0. The van der Waals surface area contributed by atoms with E-state index >= 15 is 0 Å². The minimum absolute atomic E-state index is 0.999. The van der Waals surface area contributed by atoms with Gasteiger partial charge < -0.3 is 4.90 Å². The molecule has 3 heteroatoms. The van der Waals surface area contributed by atoms with Gasteiger partial charge in [0.15, 0.2) is 0 Å². The Balaban J connectivity index is 0.000000461. The lowest BCUT2D eigenvalue weighted by Crippen LogP contribution is -2.19. The molecule has 14 heavy (non-hydrogen) atoms. The largest absolute Gasteiger partial charge is 0.355 e. The zero-order valence-corrected chi connectivity index (χ0v) is 9.32. The van der Waals surface area contributed by atoms with Crippen molar-refractivity contribution in [3.05, 3.63) is 18.1 Å². The molecule has 0 aliphatic carbocycles. The Kier molecular flexibility index (Phi) is 4.36. The molecule has 3 nitrogen and oxygen atoms in total. The van der Waals surface area contributed by atoms with Gasteiger partial charge in [0.2, 0.25) is 0 Å². The van der Waals surface area contributed by atoms with Crippen molar-refractivity contribution in [1.82, 2.24) is 9.97 Å². The van der Waals surface area contributed by atoms with Crippen LogP contribution in [-0.4, -0.2) is 23.1 Å². The zero-order chi connectivity index (χ0) is 10.4. The maximum atomic E-state index is 4.42. The van der Waals surface area contributed by atoms with Crippen LogP contribution in [0.3, 0.4) is 0 Å². The van der Waals surface area contributed by atoms with E-state index in [1.54, 1.807) is 6.20 Å². The molecule has 1 aromatic heterocycles. The van der Waals surface area contributed by atoms with Gasteiger partial charge in [-0.15, -0.1) is 0 Å².